The number of anilines is 1. The van der Waals surface area contributed by atoms with Gasteiger partial charge in [-0.2, -0.15) is 4.98 Å². The molecule has 0 saturated heterocycles. The zero-order valence-electron chi connectivity index (χ0n) is 10.1. The molecule has 3 rings (SSSR count). The summed E-state index contributed by atoms with van der Waals surface area (Å²) in [5.41, 5.74) is 8.14. The van der Waals surface area contributed by atoms with Crippen LogP contribution in [0.1, 0.15) is 0 Å². The van der Waals surface area contributed by atoms with Crippen LogP contribution in [0.3, 0.4) is 0 Å². The Bertz CT molecular complexity index is 698. The molecule has 0 aliphatic heterocycles. The van der Waals surface area contributed by atoms with Crippen LogP contribution in [0.5, 0.6) is 5.75 Å². The van der Waals surface area contributed by atoms with Crippen LogP contribution in [-0.4, -0.2) is 17.1 Å². The average Bonchev–Trinajstić information content (AvgIpc) is 2.82. The van der Waals surface area contributed by atoms with Gasteiger partial charge in [-0.3, -0.25) is 0 Å². The molecule has 0 unspecified atom stereocenters. The third-order valence-corrected chi connectivity index (χ3v) is 2.97. The summed E-state index contributed by atoms with van der Waals surface area (Å²) in [7, 11) is 1.51. The minimum Gasteiger partial charge on any atom is -0.493 e. The summed E-state index contributed by atoms with van der Waals surface area (Å²) >= 11 is 6.09. The maximum atomic E-state index is 6.09. The second-order valence-electron chi connectivity index (χ2n) is 3.92. The first kappa shape index (κ1) is 11.8. The highest BCUT2D eigenvalue weighted by molar-refractivity contribution is 6.32. The first-order valence-electron chi connectivity index (χ1n) is 5.54. The Balaban J connectivity index is 2.16. The standard InChI is InChI=1S/C13H10ClN3O2/c1-18-11-8(14)5-7(6-9(11)15)13-17-12-10(19-13)3-2-4-16-12/h2-6H,15H2,1H3. The van der Waals surface area contributed by atoms with Crippen molar-refractivity contribution in [2.45, 2.75) is 0 Å². The Morgan fingerprint density at radius 2 is 2.21 bits per heavy atom. The van der Waals surface area contributed by atoms with E-state index >= 15 is 0 Å². The Hall–Kier alpha value is -2.27. The molecule has 3 aromatic rings. The highest BCUT2D eigenvalue weighted by Crippen LogP contribution is 2.36. The molecule has 0 amide bonds. The zero-order chi connectivity index (χ0) is 13.4. The van der Waals surface area contributed by atoms with Crippen LogP contribution in [0, 0.1) is 0 Å². The Kier molecular flexibility index (Phi) is 2.76. The topological polar surface area (TPSA) is 74.2 Å². The molecule has 2 aromatic heterocycles. The molecule has 5 nitrogen and oxygen atoms in total. The molecule has 0 bridgehead atoms. The number of ether oxygens (including phenoxy) is 1. The second-order valence-corrected chi connectivity index (χ2v) is 4.33. The van der Waals surface area contributed by atoms with Gasteiger partial charge in [0, 0.05) is 11.8 Å². The van der Waals surface area contributed by atoms with Crippen molar-refractivity contribution in [3.05, 3.63) is 35.5 Å². The number of rotatable bonds is 2. The number of halogens is 1. The summed E-state index contributed by atoms with van der Waals surface area (Å²) < 4.78 is 10.7. The van der Waals surface area contributed by atoms with E-state index in [1.165, 1.54) is 7.11 Å². The van der Waals surface area contributed by atoms with Crippen LogP contribution in [0.4, 0.5) is 5.69 Å². The van der Waals surface area contributed by atoms with Gasteiger partial charge in [-0.25, -0.2) is 4.98 Å². The molecule has 96 valence electrons. The van der Waals surface area contributed by atoms with Crippen LogP contribution in [0.15, 0.2) is 34.9 Å². The zero-order valence-corrected chi connectivity index (χ0v) is 10.8. The lowest BCUT2D eigenvalue weighted by Gasteiger charge is -2.07. The number of benzene rings is 1. The number of aromatic nitrogens is 2. The first-order valence-corrected chi connectivity index (χ1v) is 5.92. The fourth-order valence-electron chi connectivity index (χ4n) is 1.85. The number of oxazole rings is 1. The highest BCUT2D eigenvalue weighted by atomic mass is 35.5. The van der Waals surface area contributed by atoms with Crippen molar-refractivity contribution in [3.63, 3.8) is 0 Å². The summed E-state index contributed by atoms with van der Waals surface area (Å²) in [5, 5.41) is 0.410. The van der Waals surface area contributed by atoms with Crippen molar-refractivity contribution in [1.82, 2.24) is 9.97 Å². The van der Waals surface area contributed by atoms with Gasteiger partial charge in [0.1, 0.15) is 0 Å². The molecule has 0 radical (unpaired) electrons. The van der Waals surface area contributed by atoms with Gasteiger partial charge in [0.2, 0.25) is 5.89 Å². The SMILES string of the molecule is COc1c(N)cc(-c2nc3ncccc3o2)cc1Cl. The molecule has 0 saturated carbocycles. The smallest absolute Gasteiger partial charge is 0.229 e. The molecule has 2 N–H and O–H groups in total. The van der Waals surface area contributed by atoms with Crippen LogP contribution < -0.4 is 10.5 Å². The molecular formula is C13H10ClN3O2. The molecule has 0 atom stereocenters. The molecule has 0 spiro atoms. The molecule has 1 aromatic carbocycles. The van der Waals surface area contributed by atoms with E-state index in [1.807, 2.05) is 0 Å². The van der Waals surface area contributed by atoms with Crippen LogP contribution in [-0.2, 0) is 0 Å². The fourth-order valence-corrected chi connectivity index (χ4v) is 2.15. The third-order valence-electron chi connectivity index (χ3n) is 2.69. The molecule has 0 aliphatic rings. The summed E-state index contributed by atoms with van der Waals surface area (Å²) in [6, 6.07) is 6.98. The average molecular weight is 276 g/mol. The van der Waals surface area contributed by atoms with Gasteiger partial charge in [-0.15, -0.1) is 0 Å². The van der Waals surface area contributed by atoms with Crippen molar-refractivity contribution >= 4 is 28.5 Å². The third kappa shape index (κ3) is 1.98. The lowest BCUT2D eigenvalue weighted by atomic mass is 10.2. The molecule has 6 heteroatoms. The maximum absolute atomic E-state index is 6.09. The monoisotopic (exact) mass is 275 g/mol. The van der Waals surface area contributed by atoms with Crippen LogP contribution in [0.2, 0.25) is 5.02 Å². The van der Waals surface area contributed by atoms with E-state index < -0.39 is 0 Å². The number of pyridine rings is 1. The number of methoxy groups -OCH3 is 1. The summed E-state index contributed by atoms with van der Waals surface area (Å²) in [6.45, 7) is 0. The fraction of sp³-hybridized carbons (Fsp3) is 0.0769. The van der Waals surface area contributed by atoms with E-state index in [0.29, 0.717) is 39.1 Å². The van der Waals surface area contributed by atoms with Crippen molar-refractivity contribution < 1.29 is 9.15 Å². The molecular weight excluding hydrogens is 266 g/mol. The highest BCUT2D eigenvalue weighted by Gasteiger charge is 2.13. The Morgan fingerprint density at radius 3 is 2.89 bits per heavy atom. The molecule has 0 fully saturated rings. The Labute approximate surface area is 114 Å². The second kappa shape index (κ2) is 4.44. The number of fused-ring (bicyclic) bond motifs is 1. The summed E-state index contributed by atoms with van der Waals surface area (Å²) in [6.07, 6.45) is 1.66. The molecule has 2 heterocycles. The van der Waals surface area contributed by atoms with Gasteiger partial charge >= 0.3 is 0 Å². The number of hydrogen-bond acceptors (Lipinski definition) is 5. The van der Waals surface area contributed by atoms with Gasteiger partial charge in [0.15, 0.2) is 17.0 Å². The number of hydrogen-bond donors (Lipinski definition) is 1. The number of nitrogens with zero attached hydrogens (tertiary/aromatic N) is 2. The van der Waals surface area contributed by atoms with Gasteiger partial charge in [-0.1, -0.05) is 11.6 Å². The molecule has 19 heavy (non-hydrogen) atoms. The summed E-state index contributed by atoms with van der Waals surface area (Å²) in [4.78, 5) is 8.40. The lowest BCUT2D eigenvalue weighted by molar-refractivity contribution is 0.417. The van der Waals surface area contributed by atoms with Crippen LogP contribution in [0.25, 0.3) is 22.7 Å². The van der Waals surface area contributed by atoms with Crippen molar-refractivity contribution in [3.8, 4) is 17.2 Å². The van der Waals surface area contributed by atoms with Gasteiger partial charge in [0.25, 0.3) is 0 Å². The number of nitrogen functional groups attached to an aromatic ring is 1. The van der Waals surface area contributed by atoms with E-state index in [9.17, 15) is 0 Å². The van der Waals surface area contributed by atoms with Gasteiger partial charge < -0.3 is 14.9 Å². The number of nitrogens with two attached hydrogens (primary N) is 1. The van der Waals surface area contributed by atoms with E-state index in [2.05, 4.69) is 9.97 Å². The summed E-state index contributed by atoms with van der Waals surface area (Å²) in [5.74, 6) is 0.865. The minimum absolute atomic E-state index is 0.410. The predicted octanol–water partition coefficient (Wildman–Crippen LogP) is 3.13. The van der Waals surface area contributed by atoms with E-state index in [4.69, 9.17) is 26.5 Å². The first-order chi connectivity index (χ1) is 9.19. The van der Waals surface area contributed by atoms with E-state index in [0.717, 1.165) is 0 Å². The predicted molar refractivity (Wildman–Crippen MR) is 73.2 cm³/mol. The van der Waals surface area contributed by atoms with E-state index in [1.54, 1.807) is 30.5 Å². The van der Waals surface area contributed by atoms with Gasteiger partial charge in [0.05, 0.1) is 17.8 Å². The normalized spacial score (nSPS) is 10.8. The minimum atomic E-state index is 0.410. The van der Waals surface area contributed by atoms with Crippen molar-refractivity contribution in [2.24, 2.45) is 0 Å². The van der Waals surface area contributed by atoms with Crippen molar-refractivity contribution in [1.29, 1.82) is 0 Å². The van der Waals surface area contributed by atoms with Crippen LogP contribution >= 0.6 is 11.6 Å². The van der Waals surface area contributed by atoms with Gasteiger partial charge in [-0.05, 0) is 24.3 Å². The molecule has 0 aliphatic carbocycles. The largest absolute Gasteiger partial charge is 0.493 e. The van der Waals surface area contributed by atoms with E-state index in [-0.39, 0.29) is 0 Å². The maximum Gasteiger partial charge on any atom is 0.229 e. The Morgan fingerprint density at radius 1 is 1.37 bits per heavy atom. The quantitative estimate of drug-likeness (QED) is 0.727. The lowest BCUT2D eigenvalue weighted by Crippen LogP contribution is -1.94. The van der Waals surface area contributed by atoms with Crippen molar-refractivity contribution in [2.75, 3.05) is 12.8 Å².